The normalized spacial score (nSPS) is 23.2. The summed E-state index contributed by atoms with van der Waals surface area (Å²) in [5.41, 5.74) is -0.464. The summed E-state index contributed by atoms with van der Waals surface area (Å²) >= 11 is 0. The lowest BCUT2D eigenvalue weighted by atomic mass is 9.96. The minimum absolute atomic E-state index is 0.0508. The van der Waals surface area contributed by atoms with Crippen LogP contribution in [0.15, 0.2) is 12.7 Å². The zero-order chi connectivity index (χ0) is 13.8. The minimum atomic E-state index is -0.464. The fourth-order valence-corrected chi connectivity index (χ4v) is 2.31. The Morgan fingerprint density at radius 1 is 1.50 bits per heavy atom. The van der Waals surface area contributed by atoms with Crippen molar-refractivity contribution in [3.8, 4) is 0 Å². The number of likely N-dealkylation sites (N-methyl/N-ethyl adjacent to an activating group) is 1. The van der Waals surface area contributed by atoms with E-state index in [1.807, 2.05) is 20.8 Å². The molecule has 2 atom stereocenters. The second-order valence-electron chi connectivity index (χ2n) is 5.95. The van der Waals surface area contributed by atoms with E-state index in [2.05, 4.69) is 23.8 Å². The lowest BCUT2D eigenvalue weighted by Crippen LogP contribution is -2.52. The number of rotatable bonds is 3. The first-order chi connectivity index (χ1) is 8.33. The van der Waals surface area contributed by atoms with Crippen LogP contribution in [0.4, 0.5) is 4.79 Å². The lowest BCUT2D eigenvalue weighted by molar-refractivity contribution is 0.0474. The predicted octanol–water partition coefficient (Wildman–Crippen LogP) is 2.55. The summed E-state index contributed by atoms with van der Waals surface area (Å²) in [4.78, 5) is 14.1. The Bertz CT molecular complexity index is 297. The van der Waals surface area contributed by atoms with E-state index in [1.54, 1.807) is 6.08 Å². The molecule has 0 aromatic heterocycles. The van der Waals surface area contributed by atoms with E-state index in [4.69, 9.17) is 4.74 Å². The molecule has 1 aliphatic rings. The van der Waals surface area contributed by atoms with Crippen molar-refractivity contribution >= 4 is 6.09 Å². The highest BCUT2D eigenvalue weighted by molar-refractivity contribution is 5.68. The van der Waals surface area contributed by atoms with Gasteiger partial charge in [0.1, 0.15) is 5.60 Å². The number of hydrogen-bond donors (Lipinski definition) is 1. The monoisotopic (exact) mass is 254 g/mol. The van der Waals surface area contributed by atoms with Crippen molar-refractivity contribution in [1.29, 1.82) is 0 Å². The molecule has 1 saturated heterocycles. The summed E-state index contributed by atoms with van der Waals surface area (Å²) in [5, 5.41) is 2.90. The molecule has 0 aromatic carbocycles. The smallest absolute Gasteiger partial charge is 0.408 e. The first-order valence-corrected chi connectivity index (χ1v) is 6.66. The Morgan fingerprint density at radius 2 is 2.17 bits per heavy atom. The van der Waals surface area contributed by atoms with E-state index < -0.39 is 5.60 Å². The van der Waals surface area contributed by atoms with Crippen LogP contribution in [0, 0.1) is 0 Å². The lowest BCUT2D eigenvalue weighted by Gasteiger charge is -2.37. The molecule has 0 bridgehead atoms. The van der Waals surface area contributed by atoms with Crippen LogP contribution < -0.4 is 5.32 Å². The highest BCUT2D eigenvalue weighted by Gasteiger charge is 2.28. The highest BCUT2D eigenvalue weighted by atomic mass is 16.6. The van der Waals surface area contributed by atoms with Crippen molar-refractivity contribution in [3.05, 3.63) is 12.7 Å². The molecule has 1 aliphatic heterocycles. The molecule has 1 heterocycles. The van der Waals surface area contributed by atoms with Gasteiger partial charge in [-0.15, -0.1) is 6.58 Å². The number of carbonyl (C=O) groups is 1. The molecule has 4 heteroatoms. The molecule has 104 valence electrons. The molecule has 1 fully saturated rings. The predicted molar refractivity (Wildman–Crippen MR) is 73.6 cm³/mol. The third-order valence-corrected chi connectivity index (χ3v) is 3.18. The van der Waals surface area contributed by atoms with E-state index in [0.717, 1.165) is 13.0 Å². The van der Waals surface area contributed by atoms with Gasteiger partial charge in [-0.1, -0.05) is 12.5 Å². The maximum absolute atomic E-state index is 11.8. The average molecular weight is 254 g/mol. The Hall–Kier alpha value is -1.03. The van der Waals surface area contributed by atoms with Gasteiger partial charge in [-0.25, -0.2) is 4.79 Å². The highest BCUT2D eigenvalue weighted by Crippen LogP contribution is 2.19. The molecule has 1 N–H and O–H groups in total. The Morgan fingerprint density at radius 3 is 2.67 bits per heavy atom. The molecule has 0 aromatic rings. The average Bonchev–Trinajstić information content (AvgIpc) is 2.24. The minimum Gasteiger partial charge on any atom is -0.444 e. The second-order valence-corrected chi connectivity index (χ2v) is 5.95. The standard InChI is InChI=1S/C14H26N2O2/c1-6-11(12-9-7-8-10-16(12)5)15-13(17)18-14(2,3)4/h6,11-12H,1,7-10H2,2-5H3,(H,15,17). The van der Waals surface area contributed by atoms with E-state index in [0.29, 0.717) is 6.04 Å². The van der Waals surface area contributed by atoms with Gasteiger partial charge in [0.25, 0.3) is 0 Å². The van der Waals surface area contributed by atoms with Crippen LogP contribution >= 0.6 is 0 Å². The largest absolute Gasteiger partial charge is 0.444 e. The summed E-state index contributed by atoms with van der Waals surface area (Å²) in [7, 11) is 2.09. The van der Waals surface area contributed by atoms with Gasteiger partial charge in [0.15, 0.2) is 0 Å². The van der Waals surface area contributed by atoms with Gasteiger partial charge in [0, 0.05) is 6.04 Å². The number of nitrogens with one attached hydrogen (secondary N) is 1. The number of ether oxygens (including phenoxy) is 1. The van der Waals surface area contributed by atoms with Gasteiger partial charge < -0.3 is 15.0 Å². The maximum Gasteiger partial charge on any atom is 0.408 e. The zero-order valence-corrected chi connectivity index (χ0v) is 12.0. The quantitative estimate of drug-likeness (QED) is 0.787. The van der Waals surface area contributed by atoms with E-state index in [-0.39, 0.29) is 12.1 Å². The fraction of sp³-hybridized carbons (Fsp3) is 0.786. The fourth-order valence-electron chi connectivity index (χ4n) is 2.31. The van der Waals surface area contributed by atoms with Crippen LogP contribution in [0.25, 0.3) is 0 Å². The summed E-state index contributed by atoms with van der Waals surface area (Å²) in [6, 6.07) is 0.272. The molecule has 0 spiro atoms. The first-order valence-electron chi connectivity index (χ1n) is 6.66. The summed E-state index contributed by atoms with van der Waals surface area (Å²) in [5.74, 6) is 0. The zero-order valence-electron chi connectivity index (χ0n) is 12.0. The number of hydrogen-bond acceptors (Lipinski definition) is 3. The van der Waals surface area contributed by atoms with Crippen LogP contribution in [0.5, 0.6) is 0 Å². The molecule has 0 aliphatic carbocycles. The third-order valence-electron chi connectivity index (χ3n) is 3.18. The van der Waals surface area contributed by atoms with Crippen LogP contribution in [0.1, 0.15) is 40.0 Å². The molecular weight excluding hydrogens is 228 g/mol. The van der Waals surface area contributed by atoms with E-state index in [9.17, 15) is 4.79 Å². The summed E-state index contributed by atoms with van der Waals surface area (Å²) in [6.07, 6.45) is 4.95. The van der Waals surface area contributed by atoms with Crippen LogP contribution in [0.3, 0.4) is 0 Å². The number of alkyl carbamates (subject to hydrolysis) is 1. The van der Waals surface area contributed by atoms with Gasteiger partial charge in [-0.2, -0.15) is 0 Å². The topological polar surface area (TPSA) is 41.6 Å². The number of likely N-dealkylation sites (tertiary alicyclic amines) is 1. The van der Waals surface area contributed by atoms with Crippen molar-refractivity contribution in [3.63, 3.8) is 0 Å². The van der Waals surface area contributed by atoms with Gasteiger partial charge in [0.05, 0.1) is 6.04 Å². The first kappa shape index (κ1) is 15.0. The number of amides is 1. The molecule has 2 unspecified atom stereocenters. The van der Waals surface area contributed by atoms with Crippen molar-refractivity contribution in [2.75, 3.05) is 13.6 Å². The van der Waals surface area contributed by atoms with E-state index in [1.165, 1.54) is 12.8 Å². The SMILES string of the molecule is C=CC(NC(=O)OC(C)(C)C)C1CCCCN1C. The molecule has 18 heavy (non-hydrogen) atoms. The van der Waals surface area contributed by atoms with Crippen molar-refractivity contribution in [2.24, 2.45) is 0 Å². The van der Waals surface area contributed by atoms with E-state index >= 15 is 0 Å². The van der Waals surface area contributed by atoms with Crippen molar-refractivity contribution < 1.29 is 9.53 Å². The van der Waals surface area contributed by atoms with Gasteiger partial charge >= 0.3 is 6.09 Å². The molecular formula is C14H26N2O2. The van der Waals surface area contributed by atoms with Crippen LogP contribution in [-0.4, -0.2) is 42.3 Å². The number of nitrogens with zero attached hydrogens (tertiary/aromatic N) is 1. The Balaban J connectivity index is 2.55. The molecule has 4 nitrogen and oxygen atoms in total. The van der Waals surface area contributed by atoms with Crippen molar-refractivity contribution in [2.45, 2.75) is 57.7 Å². The number of carbonyl (C=O) groups excluding carboxylic acids is 1. The molecule has 0 saturated carbocycles. The number of piperidine rings is 1. The Labute approximate surface area is 110 Å². The maximum atomic E-state index is 11.8. The molecule has 1 amide bonds. The second kappa shape index (κ2) is 6.23. The van der Waals surface area contributed by atoms with Gasteiger partial charge in [-0.3, -0.25) is 0 Å². The summed E-state index contributed by atoms with van der Waals surface area (Å²) in [6.45, 7) is 10.5. The summed E-state index contributed by atoms with van der Waals surface area (Å²) < 4.78 is 5.28. The van der Waals surface area contributed by atoms with Gasteiger partial charge in [-0.05, 0) is 47.2 Å². The molecule has 1 rings (SSSR count). The van der Waals surface area contributed by atoms with Crippen molar-refractivity contribution in [1.82, 2.24) is 10.2 Å². The van der Waals surface area contributed by atoms with Crippen LogP contribution in [0.2, 0.25) is 0 Å². The Kier molecular flexibility index (Phi) is 5.20. The third kappa shape index (κ3) is 4.69. The van der Waals surface area contributed by atoms with Gasteiger partial charge in [0.2, 0.25) is 0 Å². The van der Waals surface area contributed by atoms with Crippen LogP contribution in [-0.2, 0) is 4.74 Å². The molecule has 0 radical (unpaired) electrons.